The van der Waals surface area contributed by atoms with E-state index in [1.165, 1.54) is 23.3 Å². The number of hydrogen-bond acceptors (Lipinski definition) is 6. The highest BCUT2D eigenvalue weighted by Crippen LogP contribution is 2.54. The smallest absolute Gasteiger partial charge is 0.329 e. The van der Waals surface area contributed by atoms with E-state index in [2.05, 4.69) is 6.07 Å². The van der Waals surface area contributed by atoms with Gasteiger partial charge in [-0.25, -0.2) is 0 Å². The predicted octanol–water partition coefficient (Wildman–Crippen LogP) is 0.974. The molecule has 0 radical (unpaired) electrons. The molecule has 1 fully saturated rings. The lowest BCUT2D eigenvalue weighted by molar-refractivity contribution is -0.153. The van der Waals surface area contributed by atoms with Crippen LogP contribution in [-0.4, -0.2) is 41.4 Å². The Morgan fingerprint density at radius 3 is 2.55 bits per heavy atom. The van der Waals surface area contributed by atoms with Gasteiger partial charge in [-0.15, -0.1) is 0 Å². The lowest BCUT2D eigenvalue weighted by Gasteiger charge is -2.32. The summed E-state index contributed by atoms with van der Waals surface area (Å²) >= 11 is 6.38. The van der Waals surface area contributed by atoms with Gasteiger partial charge in [-0.1, -0.05) is 35.9 Å². The summed E-state index contributed by atoms with van der Waals surface area (Å²) in [5, 5.41) is 10.5. The molecule has 2 amide bonds. The number of nitriles is 1. The van der Waals surface area contributed by atoms with Crippen molar-refractivity contribution in [3.8, 4) is 6.07 Å². The first-order valence-corrected chi connectivity index (χ1v) is 9.26. The molecule has 0 unspecified atom stereocenters. The molecule has 2 aliphatic heterocycles. The summed E-state index contributed by atoms with van der Waals surface area (Å²) in [7, 11) is 0. The average molecular weight is 415 g/mol. The second-order valence-electron chi connectivity index (χ2n) is 6.75. The number of carbonyl (C=O) groups is 3. The molecule has 4 atom stereocenters. The van der Waals surface area contributed by atoms with E-state index in [1.807, 2.05) is 0 Å². The fourth-order valence-corrected chi connectivity index (χ4v) is 4.36. The van der Waals surface area contributed by atoms with E-state index in [9.17, 15) is 19.6 Å². The molecule has 29 heavy (non-hydrogen) atoms. The Morgan fingerprint density at radius 1 is 1.31 bits per heavy atom. The molecule has 3 rings (SSSR count). The number of halogens is 1. The van der Waals surface area contributed by atoms with Crippen molar-refractivity contribution >= 4 is 29.4 Å². The zero-order valence-electron chi connectivity index (χ0n) is 15.5. The molecule has 2 heterocycles. The van der Waals surface area contributed by atoms with Crippen LogP contribution in [0.2, 0.25) is 5.02 Å². The van der Waals surface area contributed by atoms with Gasteiger partial charge in [-0.05, 0) is 24.6 Å². The normalized spacial score (nSPS) is 27.6. The molecule has 150 valence electrons. The van der Waals surface area contributed by atoms with E-state index in [0.29, 0.717) is 5.56 Å². The number of nitrogens with two attached hydrogens (primary N) is 2. The molecule has 0 saturated carbocycles. The van der Waals surface area contributed by atoms with Crippen LogP contribution in [0.5, 0.6) is 0 Å². The van der Waals surface area contributed by atoms with Gasteiger partial charge in [0.15, 0.2) is 5.41 Å². The Bertz CT molecular complexity index is 983. The highest BCUT2D eigenvalue weighted by atomic mass is 35.5. The highest BCUT2D eigenvalue weighted by molar-refractivity contribution is 6.31. The van der Waals surface area contributed by atoms with E-state index in [-0.39, 0.29) is 17.2 Å². The van der Waals surface area contributed by atoms with Gasteiger partial charge in [-0.2, -0.15) is 5.26 Å². The van der Waals surface area contributed by atoms with Crippen LogP contribution in [0.3, 0.4) is 0 Å². The van der Waals surface area contributed by atoms with Gasteiger partial charge < -0.3 is 21.1 Å². The Morgan fingerprint density at radius 2 is 2.00 bits per heavy atom. The van der Waals surface area contributed by atoms with E-state index in [1.54, 1.807) is 31.2 Å². The molecule has 0 aromatic heterocycles. The van der Waals surface area contributed by atoms with Crippen LogP contribution in [0.15, 0.2) is 48.2 Å². The fourth-order valence-electron chi connectivity index (χ4n) is 4.10. The van der Waals surface area contributed by atoms with Crippen LogP contribution in [-0.2, 0) is 19.1 Å². The molecular formula is C20H19ClN4O4. The predicted molar refractivity (Wildman–Crippen MR) is 104 cm³/mol. The van der Waals surface area contributed by atoms with Crippen molar-refractivity contribution in [1.29, 1.82) is 5.26 Å². The maximum absolute atomic E-state index is 13.1. The molecule has 4 N–H and O–H groups in total. The standard InChI is InChI=1S/C20H19ClN4O4/c1-2-29-19(28)20(10-22)14-8-7-11(17(23)26)9-25(14)16(18(24)27)15(20)12-5-3-4-6-13(12)21/h3-9,14-16H,2H2,1H3,(H2,23,26)(H2,24,27)/t14-,15-,16+,20+/m0/s1. The number of benzene rings is 1. The lowest BCUT2D eigenvalue weighted by Crippen LogP contribution is -2.45. The Labute approximate surface area is 172 Å². The Hall–Kier alpha value is -3.31. The SMILES string of the molecule is CCOC(=O)[C@]1(C#N)[C@@H]2C=CC(C(N)=O)=CN2[C@@H](C(N)=O)[C@@H]1c1ccccc1Cl. The largest absolute Gasteiger partial charge is 0.465 e. The third kappa shape index (κ3) is 3.04. The number of hydrogen-bond donors (Lipinski definition) is 2. The molecule has 1 aromatic carbocycles. The van der Waals surface area contributed by atoms with Crippen LogP contribution in [0, 0.1) is 16.7 Å². The molecule has 1 saturated heterocycles. The lowest BCUT2D eigenvalue weighted by atomic mass is 9.68. The summed E-state index contributed by atoms with van der Waals surface area (Å²) in [6.45, 7) is 1.66. The Kier molecular flexibility index (Phi) is 5.36. The monoisotopic (exact) mass is 414 g/mol. The molecule has 0 aliphatic carbocycles. The van der Waals surface area contributed by atoms with Crippen LogP contribution < -0.4 is 11.5 Å². The summed E-state index contributed by atoms with van der Waals surface area (Å²) in [6.07, 6.45) is 4.26. The number of primary amides is 2. The van der Waals surface area contributed by atoms with Crippen LogP contribution in [0.4, 0.5) is 0 Å². The molecule has 2 aliphatic rings. The number of amides is 2. The van der Waals surface area contributed by atoms with E-state index in [4.69, 9.17) is 27.8 Å². The minimum atomic E-state index is -1.82. The van der Waals surface area contributed by atoms with Crippen molar-refractivity contribution in [2.24, 2.45) is 16.9 Å². The summed E-state index contributed by atoms with van der Waals surface area (Å²) in [6, 6.07) is 6.65. The third-order valence-corrected chi connectivity index (χ3v) is 5.62. The summed E-state index contributed by atoms with van der Waals surface area (Å²) < 4.78 is 5.23. The van der Waals surface area contributed by atoms with Gasteiger partial charge in [-0.3, -0.25) is 14.4 Å². The first-order valence-electron chi connectivity index (χ1n) is 8.89. The van der Waals surface area contributed by atoms with Gasteiger partial charge >= 0.3 is 5.97 Å². The van der Waals surface area contributed by atoms with Crippen molar-refractivity contribution in [2.75, 3.05) is 6.61 Å². The zero-order chi connectivity index (χ0) is 21.3. The first-order chi connectivity index (χ1) is 13.8. The molecule has 9 heteroatoms. The minimum absolute atomic E-state index is 0.0392. The number of carbonyl (C=O) groups excluding carboxylic acids is 3. The number of nitrogens with zero attached hydrogens (tertiary/aromatic N) is 2. The number of fused-ring (bicyclic) bond motifs is 1. The molecule has 8 nitrogen and oxygen atoms in total. The van der Waals surface area contributed by atoms with Crippen LogP contribution in [0.25, 0.3) is 0 Å². The van der Waals surface area contributed by atoms with Gasteiger partial charge in [0.05, 0.1) is 24.3 Å². The van der Waals surface area contributed by atoms with Gasteiger partial charge in [0.1, 0.15) is 6.04 Å². The van der Waals surface area contributed by atoms with Gasteiger partial charge in [0.25, 0.3) is 0 Å². The second-order valence-corrected chi connectivity index (χ2v) is 7.15. The van der Waals surface area contributed by atoms with Gasteiger partial charge in [0.2, 0.25) is 11.8 Å². The minimum Gasteiger partial charge on any atom is -0.465 e. The zero-order valence-corrected chi connectivity index (χ0v) is 16.3. The molecule has 0 spiro atoms. The van der Waals surface area contributed by atoms with Crippen molar-refractivity contribution in [2.45, 2.75) is 24.9 Å². The fraction of sp³-hybridized carbons (Fsp3) is 0.300. The summed E-state index contributed by atoms with van der Waals surface area (Å²) in [5.41, 5.74) is 9.77. The van der Waals surface area contributed by atoms with Crippen molar-refractivity contribution in [1.82, 2.24) is 4.90 Å². The Balaban J connectivity index is 2.32. The topological polar surface area (TPSA) is 140 Å². The van der Waals surface area contributed by atoms with E-state index >= 15 is 0 Å². The maximum atomic E-state index is 13.1. The molecular weight excluding hydrogens is 396 g/mol. The van der Waals surface area contributed by atoms with Crippen LogP contribution >= 0.6 is 11.6 Å². The molecule has 0 bridgehead atoms. The number of rotatable bonds is 5. The number of esters is 1. The highest BCUT2D eigenvalue weighted by Gasteiger charge is 2.66. The maximum Gasteiger partial charge on any atom is 0.329 e. The van der Waals surface area contributed by atoms with E-state index < -0.39 is 41.2 Å². The van der Waals surface area contributed by atoms with Crippen molar-refractivity contribution in [3.63, 3.8) is 0 Å². The summed E-state index contributed by atoms with van der Waals surface area (Å²) in [4.78, 5) is 38.7. The van der Waals surface area contributed by atoms with Crippen LogP contribution in [0.1, 0.15) is 18.4 Å². The first kappa shape index (κ1) is 20.4. The van der Waals surface area contributed by atoms with E-state index in [0.717, 1.165) is 0 Å². The average Bonchev–Trinajstić information content (AvgIpc) is 2.99. The van der Waals surface area contributed by atoms with Crippen molar-refractivity contribution in [3.05, 3.63) is 58.8 Å². The van der Waals surface area contributed by atoms with Gasteiger partial charge in [0, 0.05) is 17.1 Å². The third-order valence-electron chi connectivity index (χ3n) is 5.28. The number of ether oxygens (including phenoxy) is 1. The quantitative estimate of drug-likeness (QED) is 0.688. The summed E-state index contributed by atoms with van der Waals surface area (Å²) in [5.74, 6) is -3.33. The molecule has 1 aromatic rings. The van der Waals surface area contributed by atoms with Crippen molar-refractivity contribution < 1.29 is 19.1 Å². The second kappa shape index (κ2) is 7.60.